The van der Waals surface area contributed by atoms with Gasteiger partial charge in [-0.05, 0) is 24.1 Å². The highest BCUT2D eigenvalue weighted by atomic mass is 35.6. The summed E-state index contributed by atoms with van der Waals surface area (Å²) >= 11 is 35.7. The fourth-order valence-corrected chi connectivity index (χ4v) is 4.47. The van der Waals surface area contributed by atoms with Crippen molar-refractivity contribution in [1.82, 2.24) is 9.97 Å². The highest BCUT2D eigenvalue weighted by molar-refractivity contribution is 6.66. The molecule has 0 radical (unpaired) electrons. The van der Waals surface area contributed by atoms with Gasteiger partial charge < -0.3 is 10.6 Å². The van der Waals surface area contributed by atoms with Crippen LogP contribution in [-0.4, -0.2) is 29.2 Å². The monoisotopic (exact) mass is 540 g/mol. The van der Waals surface area contributed by atoms with Gasteiger partial charge >= 0.3 is 6.18 Å². The van der Waals surface area contributed by atoms with Gasteiger partial charge in [0.25, 0.3) is 0 Å². The molecule has 1 aliphatic heterocycles. The number of anilines is 1. The molecule has 0 saturated carbocycles. The predicted molar refractivity (Wildman–Crippen MR) is 115 cm³/mol. The van der Waals surface area contributed by atoms with Crippen molar-refractivity contribution in [3.05, 3.63) is 50.2 Å². The van der Waals surface area contributed by atoms with Gasteiger partial charge in [0, 0.05) is 31.4 Å². The van der Waals surface area contributed by atoms with Crippen LogP contribution < -0.4 is 10.6 Å². The summed E-state index contributed by atoms with van der Waals surface area (Å²) in [6.45, 7) is -0.484. The molecule has 1 saturated heterocycles. The molecule has 1 unspecified atom stereocenters. The quantitative estimate of drug-likeness (QED) is 0.358. The van der Waals surface area contributed by atoms with Gasteiger partial charge in [-0.25, -0.2) is 9.97 Å². The molecule has 13 heteroatoms. The lowest BCUT2D eigenvalue weighted by Crippen LogP contribution is -2.45. The Bertz CT molecular complexity index is 942. The van der Waals surface area contributed by atoms with E-state index in [9.17, 15) is 13.2 Å². The van der Waals surface area contributed by atoms with E-state index in [1.165, 1.54) is 23.2 Å². The molecular weight excluding hydrogens is 530 g/mol. The molecule has 0 amide bonds. The van der Waals surface area contributed by atoms with Gasteiger partial charge in [0.1, 0.15) is 11.1 Å². The summed E-state index contributed by atoms with van der Waals surface area (Å²) in [7, 11) is 0. The molecule has 2 heterocycles. The summed E-state index contributed by atoms with van der Waals surface area (Å²) in [6, 6.07) is 2.36. The van der Waals surface area contributed by atoms with Crippen molar-refractivity contribution >= 4 is 75.6 Å². The molecule has 164 valence electrons. The molecule has 30 heavy (non-hydrogen) atoms. The number of nitrogens with zero attached hydrogens (tertiary/aromatic N) is 3. The van der Waals surface area contributed by atoms with Crippen LogP contribution in [-0.2, 0) is 15.8 Å². The minimum absolute atomic E-state index is 0.00135. The third-order valence-electron chi connectivity index (χ3n) is 4.97. The van der Waals surface area contributed by atoms with Crippen molar-refractivity contribution < 1.29 is 13.2 Å². The van der Waals surface area contributed by atoms with Gasteiger partial charge in [-0.15, -0.1) is 0 Å². The smallest absolute Gasteiger partial charge is 0.340 e. The fraction of sp³-hybridized carbons (Fsp3) is 0.412. The first-order valence-corrected chi connectivity index (χ1v) is 10.7. The molecule has 1 aromatic heterocycles. The van der Waals surface area contributed by atoms with Crippen LogP contribution in [0.4, 0.5) is 19.1 Å². The van der Waals surface area contributed by atoms with Gasteiger partial charge in [0.15, 0.2) is 0 Å². The molecule has 0 aliphatic carbocycles. The lowest BCUT2D eigenvalue weighted by Gasteiger charge is -2.33. The Morgan fingerprint density at radius 2 is 1.70 bits per heavy atom. The van der Waals surface area contributed by atoms with E-state index in [1.54, 1.807) is 0 Å². The maximum Gasteiger partial charge on any atom is 0.400 e. The summed E-state index contributed by atoms with van der Waals surface area (Å²) in [5.74, 6) is -0.00851. The van der Waals surface area contributed by atoms with Crippen molar-refractivity contribution in [2.24, 2.45) is 5.73 Å². The van der Waals surface area contributed by atoms with Crippen LogP contribution in [0.2, 0.25) is 15.1 Å². The van der Waals surface area contributed by atoms with Crippen molar-refractivity contribution in [2.45, 2.75) is 28.3 Å². The van der Waals surface area contributed by atoms with Crippen LogP contribution in [0.15, 0.2) is 18.3 Å². The van der Waals surface area contributed by atoms with E-state index >= 15 is 0 Å². The molecule has 0 spiro atoms. The van der Waals surface area contributed by atoms with E-state index in [4.69, 9.17) is 75.3 Å². The molecule has 0 bridgehead atoms. The number of nitrogens with two attached hydrogens (primary N) is 1. The molecule has 2 N–H and O–H groups in total. The van der Waals surface area contributed by atoms with Gasteiger partial charge in [0.2, 0.25) is 9.74 Å². The molecule has 1 atom stereocenters. The second-order valence-electron chi connectivity index (χ2n) is 6.75. The molecule has 3 rings (SSSR count). The molecule has 1 aliphatic rings. The van der Waals surface area contributed by atoms with Crippen LogP contribution in [0.5, 0.6) is 0 Å². The van der Waals surface area contributed by atoms with E-state index in [0.29, 0.717) is 5.56 Å². The number of halogens is 9. The topological polar surface area (TPSA) is 55.0 Å². The number of benzene rings is 1. The number of rotatable bonds is 3. The van der Waals surface area contributed by atoms with Crippen LogP contribution >= 0.6 is 69.6 Å². The number of hydrogen-bond donors (Lipinski definition) is 1. The largest absolute Gasteiger partial charge is 0.400 e. The van der Waals surface area contributed by atoms with Crippen molar-refractivity contribution in [3.8, 4) is 0 Å². The average molecular weight is 543 g/mol. The van der Waals surface area contributed by atoms with Gasteiger partial charge in [-0.2, -0.15) is 13.2 Å². The second-order valence-corrected chi connectivity index (χ2v) is 10.2. The van der Waals surface area contributed by atoms with Crippen molar-refractivity contribution in [1.29, 1.82) is 0 Å². The zero-order valence-corrected chi connectivity index (χ0v) is 19.4. The Labute approximate surface area is 200 Å². The highest BCUT2D eigenvalue weighted by Crippen LogP contribution is 2.50. The Kier molecular flexibility index (Phi) is 6.87. The zero-order valence-electron chi connectivity index (χ0n) is 14.9. The van der Waals surface area contributed by atoms with E-state index in [-0.39, 0.29) is 51.8 Å². The SMILES string of the molecule is NCc1cnc(N2CCC(c3cc(Cl)c(Cl)c(Cl)c3)(C(F)(F)F)C2)nc1C(Cl)(Cl)Cl. The van der Waals surface area contributed by atoms with E-state index in [2.05, 4.69) is 9.97 Å². The Balaban J connectivity index is 2.05. The zero-order chi connectivity index (χ0) is 22.5. The fourth-order valence-electron chi connectivity index (χ4n) is 3.39. The Morgan fingerprint density at radius 3 is 2.20 bits per heavy atom. The van der Waals surface area contributed by atoms with Crippen LogP contribution in [0.1, 0.15) is 23.2 Å². The molecule has 1 fully saturated rings. The van der Waals surface area contributed by atoms with Crippen LogP contribution in [0, 0.1) is 0 Å². The van der Waals surface area contributed by atoms with E-state index < -0.39 is 21.9 Å². The number of alkyl halides is 6. The molecule has 2 aromatic rings. The van der Waals surface area contributed by atoms with Crippen molar-refractivity contribution in [3.63, 3.8) is 0 Å². The first-order chi connectivity index (χ1) is 13.8. The van der Waals surface area contributed by atoms with Crippen LogP contribution in [0.25, 0.3) is 0 Å². The van der Waals surface area contributed by atoms with Gasteiger partial charge in [-0.1, -0.05) is 69.6 Å². The molecular formula is C17H13Cl6F3N4. The number of hydrogen-bond acceptors (Lipinski definition) is 4. The molecule has 1 aromatic carbocycles. The van der Waals surface area contributed by atoms with Gasteiger partial charge in [-0.3, -0.25) is 0 Å². The van der Waals surface area contributed by atoms with E-state index in [1.807, 2.05) is 0 Å². The Hall–Kier alpha value is -0.410. The summed E-state index contributed by atoms with van der Waals surface area (Å²) in [5.41, 5.74) is 3.64. The van der Waals surface area contributed by atoms with E-state index in [0.717, 1.165) is 0 Å². The predicted octanol–water partition coefficient (Wildman–Crippen LogP) is 6.43. The average Bonchev–Trinajstić information content (AvgIpc) is 3.11. The maximum atomic E-state index is 14.3. The maximum absolute atomic E-state index is 14.3. The third-order valence-corrected chi connectivity index (χ3v) is 6.71. The first-order valence-electron chi connectivity index (χ1n) is 8.40. The van der Waals surface area contributed by atoms with Crippen LogP contribution in [0.3, 0.4) is 0 Å². The normalized spacial score (nSPS) is 20.1. The van der Waals surface area contributed by atoms with Gasteiger partial charge in [0.05, 0.1) is 15.1 Å². The minimum Gasteiger partial charge on any atom is -0.340 e. The standard InChI is InChI=1S/C17H13Cl6F3N4/c18-10-3-9(4-11(19)12(10)20)15(17(24,25)26)1-2-30(7-15)14-28-6-8(5-27)13(29-14)16(21,22)23/h3-4,6H,1-2,5,7,27H2. The summed E-state index contributed by atoms with van der Waals surface area (Å²) in [6.07, 6.45) is -3.56. The number of aromatic nitrogens is 2. The summed E-state index contributed by atoms with van der Waals surface area (Å²) in [4.78, 5) is 9.67. The van der Waals surface area contributed by atoms with Crippen molar-refractivity contribution in [2.75, 3.05) is 18.0 Å². The second kappa shape index (κ2) is 8.50. The molecule has 4 nitrogen and oxygen atoms in total. The summed E-state index contributed by atoms with van der Waals surface area (Å²) in [5, 5.41) is -0.145. The highest BCUT2D eigenvalue weighted by Gasteiger charge is 2.59. The minimum atomic E-state index is -4.61. The Morgan fingerprint density at radius 1 is 1.10 bits per heavy atom. The summed E-state index contributed by atoms with van der Waals surface area (Å²) < 4.78 is 40.9. The lowest BCUT2D eigenvalue weighted by molar-refractivity contribution is -0.184. The third kappa shape index (κ3) is 4.40. The first kappa shape index (κ1) is 24.2. The lowest BCUT2D eigenvalue weighted by atomic mass is 9.79.